The van der Waals surface area contributed by atoms with Crippen molar-refractivity contribution >= 4 is 17.8 Å². The Morgan fingerprint density at radius 1 is 1.32 bits per heavy atom. The van der Waals surface area contributed by atoms with Crippen molar-refractivity contribution in [1.82, 2.24) is 10.2 Å². The SMILES string of the molecule is COC(=O)C(CC(C)C)NCCN1C(=O)CCC1=O. The van der Waals surface area contributed by atoms with E-state index in [1.54, 1.807) is 0 Å². The minimum atomic E-state index is -0.391. The Balaban J connectivity index is 2.41. The molecule has 1 N–H and O–H groups in total. The van der Waals surface area contributed by atoms with Crippen LogP contribution in [0.4, 0.5) is 0 Å². The Bertz CT molecular complexity index is 339. The predicted octanol–water partition coefficient (Wildman–Crippen LogP) is 0.313. The molecule has 1 saturated heterocycles. The van der Waals surface area contributed by atoms with Crippen LogP contribution in [0.1, 0.15) is 33.1 Å². The molecule has 6 nitrogen and oxygen atoms in total. The highest BCUT2D eigenvalue weighted by Crippen LogP contribution is 2.11. The summed E-state index contributed by atoms with van der Waals surface area (Å²) in [5.74, 6) is -0.227. The molecular formula is C13H22N2O4. The van der Waals surface area contributed by atoms with Gasteiger partial charge in [-0.25, -0.2) is 0 Å². The third kappa shape index (κ3) is 4.63. The molecule has 0 spiro atoms. The maximum absolute atomic E-state index is 11.6. The molecule has 1 aliphatic heterocycles. The highest BCUT2D eigenvalue weighted by Gasteiger charge is 2.28. The summed E-state index contributed by atoms with van der Waals surface area (Å²) < 4.78 is 4.73. The second kappa shape index (κ2) is 7.23. The molecule has 0 bridgehead atoms. The van der Waals surface area contributed by atoms with E-state index in [9.17, 15) is 14.4 Å². The van der Waals surface area contributed by atoms with Crippen molar-refractivity contribution < 1.29 is 19.1 Å². The highest BCUT2D eigenvalue weighted by molar-refractivity contribution is 6.01. The normalized spacial score (nSPS) is 17.2. The molecule has 1 aliphatic rings. The number of esters is 1. The van der Waals surface area contributed by atoms with Crippen molar-refractivity contribution in [2.75, 3.05) is 20.2 Å². The zero-order valence-corrected chi connectivity index (χ0v) is 11.8. The Morgan fingerprint density at radius 3 is 2.37 bits per heavy atom. The van der Waals surface area contributed by atoms with Gasteiger partial charge in [0.05, 0.1) is 7.11 Å². The van der Waals surface area contributed by atoms with Gasteiger partial charge in [0, 0.05) is 25.9 Å². The highest BCUT2D eigenvalue weighted by atomic mass is 16.5. The molecule has 0 saturated carbocycles. The largest absolute Gasteiger partial charge is 0.468 e. The summed E-state index contributed by atoms with van der Waals surface area (Å²) in [5, 5.41) is 3.05. The Labute approximate surface area is 113 Å². The number of carbonyl (C=O) groups excluding carboxylic acids is 3. The van der Waals surface area contributed by atoms with E-state index in [0.717, 1.165) is 0 Å². The minimum absolute atomic E-state index is 0.134. The van der Waals surface area contributed by atoms with Gasteiger partial charge in [-0.1, -0.05) is 13.8 Å². The van der Waals surface area contributed by atoms with Gasteiger partial charge in [-0.2, -0.15) is 0 Å². The molecule has 1 fully saturated rings. The lowest BCUT2D eigenvalue weighted by molar-refractivity contribution is -0.143. The number of methoxy groups -OCH3 is 1. The van der Waals surface area contributed by atoms with Crippen molar-refractivity contribution in [2.45, 2.75) is 39.2 Å². The first kappa shape index (κ1) is 15.6. The first-order valence-corrected chi connectivity index (χ1v) is 6.60. The maximum Gasteiger partial charge on any atom is 0.322 e. The molecule has 0 aromatic rings. The van der Waals surface area contributed by atoms with E-state index < -0.39 is 6.04 Å². The van der Waals surface area contributed by atoms with Crippen LogP contribution in [0.15, 0.2) is 0 Å². The minimum Gasteiger partial charge on any atom is -0.468 e. The average Bonchev–Trinajstić information content (AvgIpc) is 2.67. The monoisotopic (exact) mass is 270 g/mol. The van der Waals surface area contributed by atoms with Crippen molar-refractivity contribution in [3.63, 3.8) is 0 Å². The fourth-order valence-electron chi connectivity index (χ4n) is 2.10. The van der Waals surface area contributed by atoms with Crippen LogP contribution >= 0.6 is 0 Å². The van der Waals surface area contributed by atoms with Crippen LogP contribution in [0, 0.1) is 5.92 Å². The molecule has 0 radical (unpaired) electrons. The lowest BCUT2D eigenvalue weighted by atomic mass is 10.0. The second-order valence-corrected chi connectivity index (χ2v) is 5.10. The van der Waals surface area contributed by atoms with Crippen LogP contribution in [-0.4, -0.2) is 48.9 Å². The Morgan fingerprint density at radius 2 is 1.89 bits per heavy atom. The van der Waals surface area contributed by atoms with Gasteiger partial charge in [0.2, 0.25) is 11.8 Å². The quantitative estimate of drug-likeness (QED) is 0.532. The number of imide groups is 1. The fourth-order valence-corrected chi connectivity index (χ4v) is 2.10. The molecule has 1 heterocycles. The van der Waals surface area contributed by atoms with Gasteiger partial charge in [0.15, 0.2) is 0 Å². The van der Waals surface area contributed by atoms with Crippen LogP contribution in [0.2, 0.25) is 0 Å². The van der Waals surface area contributed by atoms with E-state index in [-0.39, 0.29) is 17.8 Å². The molecule has 1 atom stereocenters. The summed E-state index contributed by atoms with van der Waals surface area (Å²) in [4.78, 5) is 35.6. The molecule has 6 heteroatoms. The molecule has 108 valence electrons. The van der Waals surface area contributed by atoms with Crippen LogP contribution in [0.5, 0.6) is 0 Å². The summed E-state index contributed by atoms with van der Waals surface area (Å²) in [6.07, 6.45) is 1.26. The lowest BCUT2D eigenvalue weighted by Crippen LogP contribution is -2.43. The number of carbonyl (C=O) groups is 3. The van der Waals surface area contributed by atoms with E-state index in [1.165, 1.54) is 12.0 Å². The van der Waals surface area contributed by atoms with Crippen LogP contribution < -0.4 is 5.32 Å². The van der Waals surface area contributed by atoms with E-state index in [4.69, 9.17) is 4.74 Å². The van der Waals surface area contributed by atoms with Gasteiger partial charge in [0.1, 0.15) is 6.04 Å². The Hall–Kier alpha value is -1.43. The summed E-state index contributed by atoms with van der Waals surface area (Å²) >= 11 is 0. The lowest BCUT2D eigenvalue weighted by Gasteiger charge is -2.20. The van der Waals surface area contributed by atoms with E-state index in [0.29, 0.717) is 38.3 Å². The van der Waals surface area contributed by atoms with Gasteiger partial charge in [-0.3, -0.25) is 19.3 Å². The third-order valence-corrected chi connectivity index (χ3v) is 3.07. The number of rotatable bonds is 7. The standard InChI is InChI=1S/C13H22N2O4/c1-9(2)8-10(13(18)19-3)14-6-7-15-11(16)4-5-12(15)17/h9-10,14H,4-8H2,1-3H3. The van der Waals surface area contributed by atoms with Crippen molar-refractivity contribution in [2.24, 2.45) is 5.92 Å². The van der Waals surface area contributed by atoms with Gasteiger partial charge in [0.25, 0.3) is 0 Å². The first-order valence-electron chi connectivity index (χ1n) is 6.60. The number of nitrogens with zero attached hydrogens (tertiary/aromatic N) is 1. The number of hydrogen-bond acceptors (Lipinski definition) is 5. The zero-order chi connectivity index (χ0) is 14.4. The van der Waals surface area contributed by atoms with E-state index in [1.807, 2.05) is 13.8 Å². The van der Waals surface area contributed by atoms with Crippen molar-refractivity contribution in [3.05, 3.63) is 0 Å². The molecular weight excluding hydrogens is 248 g/mol. The predicted molar refractivity (Wildman–Crippen MR) is 69.2 cm³/mol. The average molecular weight is 270 g/mol. The van der Waals surface area contributed by atoms with Gasteiger partial charge in [-0.15, -0.1) is 0 Å². The van der Waals surface area contributed by atoms with Crippen LogP contribution in [0.3, 0.4) is 0 Å². The molecule has 0 aromatic heterocycles. The molecule has 2 amide bonds. The molecule has 19 heavy (non-hydrogen) atoms. The molecule has 0 aromatic carbocycles. The van der Waals surface area contributed by atoms with Gasteiger partial charge in [-0.05, 0) is 12.3 Å². The Kier molecular flexibility index (Phi) is 5.95. The second-order valence-electron chi connectivity index (χ2n) is 5.10. The summed E-state index contributed by atoms with van der Waals surface area (Å²) in [6, 6.07) is -0.391. The molecule has 1 unspecified atom stereocenters. The number of ether oxygens (including phenoxy) is 1. The van der Waals surface area contributed by atoms with Crippen molar-refractivity contribution in [3.8, 4) is 0 Å². The maximum atomic E-state index is 11.6. The first-order chi connectivity index (χ1) is 8.95. The summed E-state index contributed by atoms with van der Waals surface area (Å²) in [5.41, 5.74) is 0. The van der Waals surface area contributed by atoms with Gasteiger partial charge < -0.3 is 10.1 Å². The topological polar surface area (TPSA) is 75.7 Å². The van der Waals surface area contributed by atoms with Gasteiger partial charge >= 0.3 is 5.97 Å². The molecule has 1 rings (SSSR count). The number of hydrogen-bond donors (Lipinski definition) is 1. The number of amides is 2. The van der Waals surface area contributed by atoms with E-state index in [2.05, 4.69) is 5.32 Å². The smallest absolute Gasteiger partial charge is 0.322 e. The number of nitrogens with one attached hydrogen (secondary N) is 1. The number of likely N-dealkylation sites (tertiary alicyclic amines) is 1. The summed E-state index contributed by atoms with van der Waals surface area (Å²) in [7, 11) is 1.35. The summed E-state index contributed by atoms with van der Waals surface area (Å²) in [6.45, 7) is 4.75. The van der Waals surface area contributed by atoms with Crippen molar-refractivity contribution in [1.29, 1.82) is 0 Å². The van der Waals surface area contributed by atoms with Crippen LogP contribution in [-0.2, 0) is 19.1 Å². The zero-order valence-electron chi connectivity index (χ0n) is 11.8. The van der Waals surface area contributed by atoms with Crippen LogP contribution in [0.25, 0.3) is 0 Å². The third-order valence-electron chi connectivity index (χ3n) is 3.07. The fraction of sp³-hybridized carbons (Fsp3) is 0.769. The molecule has 0 aliphatic carbocycles. The van der Waals surface area contributed by atoms with E-state index >= 15 is 0 Å².